The van der Waals surface area contributed by atoms with Gasteiger partial charge in [-0.25, -0.2) is 4.68 Å². The Morgan fingerprint density at radius 1 is 1.12 bits per heavy atom. The second-order valence-electron chi connectivity index (χ2n) is 3.37. The zero-order chi connectivity index (χ0) is 11.7. The third-order valence-electron chi connectivity index (χ3n) is 2.25. The molecule has 0 spiro atoms. The molecule has 0 aliphatic carbocycles. The average Bonchev–Trinajstić information content (AvgIpc) is 2.98. The van der Waals surface area contributed by atoms with Crippen LogP contribution < -0.4 is 0 Å². The fraction of sp³-hybridized carbons (Fsp3) is 0. The zero-order valence-corrected chi connectivity index (χ0v) is 11.6. The Bertz CT molecular complexity index is 632. The predicted molar refractivity (Wildman–Crippen MR) is 75.2 cm³/mol. The van der Waals surface area contributed by atoms with E-state index < -0.39 is 0 Å². The van der Waals surface area contributed by atoms with Gasteiger partial charge >= 0.3 is 0 Å². The minimum absolute atomic E-state index is 0.900. The molecule has 84 valence electrons. The number of aromatic nitrogens is 4. The van der Waals surface area contributed by atoms with Gasteiger partial charge in [-0.05, 0) is 34.7 Å². The van der Waals surface area contributed by atoms with E-state index in [1.165, 1.54) is 0 Å². The van der Waals surface area contributed by atoms with Crippen LogP contribution in [0.25, 0.3) is 16.3 Å². The lowest BCUT2D eigenvalue weighted by Crippen LogP contribution is -1.92. The molecule has 6 heteroatoms. The Hall–Kier alpha value is -1.28. The van der Waals surface area contributed by atoms with Gasteiger partial charge in [-0.3, -0.25) is 0 Å². The van der Waals surface area contributed by atoms with Crippen molar-refractivity contribution in [2.24, 2.45) is 0 Å². The smallest absolute Gasteiger partial charge is 0.178 e. The Labute approximate surface area is 115 Å². The van der Waals surface area contributed by atoms with E-state index in [2.05, 4.69) is 37.9 Å². The Morgan fingerprint density at radius 3 is 2.65 bits per heavy atom. The minimum Gasteiger partial charge on any atom is -0.240 e. The van der Waals surface area contributed by atoms with Gasteiger partial charge in [0.15, 0.2) is 8.02 Å². The molecule has 0 radical (unpaired) electrons. The molecule has 0 saturated heterocycles. The van der Waals surface area contributed by atoms with E-state index in [0.717, 1.165) is 19.3 Å². The van der Waals surface area contributed by atoms with E-state index in [9.17, 15) is 0 Å². The molecule has 0 unspecified atom stereocenters. The molecule has 2 aromatic heterocycles. The van der Waals surface area contributed by atoms with Crippen LogP contribution in [-0.2, 0) is 0 Å². The van der Waals surface area contributed by atoms with Gasteiger partial charge in [0.25, 0.3) is 0 Å². The van der Waals surface area contributed by atoms with Crippen LogP contribution in [0.15, 0.2) is 42.7 Å². The lowest BCUT2D eigenvalue weighted by atomic mass is 10.3. The number of nitrogens with zero attached hydrogens (tertiary/aromatic N) is 4. The topological polar surface area (TPSA) is 43.6 Å². The van der Waals surface area contributed by atoms with Crippen molar-refractivity contribution < 1.29 is 0 Å². The maximum atomic E-state index is 4.33. The van der Waals surface area contributed by atoms with Crippen LogP contribution in [0, 0.1) is 3.01 Å². The number of hydrogen-bond donors (Lipinski definition) is 0. The van der Waals surface area contributed by atoms with Crippen molar-refractivity contribution >= 4 is 33.9 Å². The molecule has 3 aromatic rings. The number of para-hydroxylation sites is 1. The third-order valence-corrected chi connectivity index (χ3v) is 3.89. The Morgan fingerprint density at radius 2 is 1.94 bits per heavy atom. The maximum absolute atomic E-state index is 4.33. The summed E-state index contributed by atoms with van der Waals surface area (Å²) in [5, 5.41) is 13.3. The first-order valence-corrected chi connectivity index (χ1v) is 6.82. The van der Waals surface area contributed by atoms with Gasteiger partial charge in [0, 0.05) is 6.20 Å². The summed E-state index contributed by atoms with van der Waals surface area (Å²) in [6.45, 7) is 0. The van der Waals surface area contributed by atoms with Gasteiger partial charge < -0.3 is 0 Å². The van der Waals surface area contributed by atoms with Crippen molar-refractivity contribution in [1.29, 1.82) is 0 Å². The second kappa shape index (κ2) is 4.53. The van der Waals surface area contributed by atoms with Crippen LogP contribution in [0.2, 0.25) is 0 Å². The highest BCUT2D eigenvalue weighted by molar-refractivity contribution is 14.1. The SMILES string of the molecule is Ic1nnc(-c2cnn(-c3ccccc3)c2)s1. The summed E-state index contributed by atoms with van der Waals surface area (Å²) in [5.41, 5.74) is 2.03. The third kappa shape index (κ3) is 2.22. The molecule has 0 atom stereocenters. The summed E-state index contributed by atoms with van der Waals surface area (Å²) >= 11 is 3.72. The van der Waals surface area contributed by atoms with Gasteiger partial charge in [-0.2, -0.15) is 5.10 Å². The van der Waals surface area contributed by atoms with Crippen molar-refractivity contribution in [2.45, 2.75) is 0 Å². The van der Waals surface area contributed by atoms with E-state index in [1.807, 2.05) is 47.4 Å². The summed E-state index contributed by atoms with van der Waals surface area (Å²) in [6.07, 6.45) is 3.77. The molecule has 0 aliphatic heterocycles. The number of rotatable bonds is 2. The van der Waals surface area contributed by atoms with Crippen molar-refractivity contribution in [3.8, 4) is 16.3 Å². The van der Waals surface area contributed by atoms with Crippen LogP contribution in [0.5, 0.6) is 0 Å². The van der Waals surface area contributed by atoms with E-state index in [-0.39, 0.29) is 0 Å². The Balaban J connectivity index is 1.99. The second-order valence-corrected chi connectivity index (χ2v) is 6.10. The van der Waals surface area contributed by atoms with Gasteiger partial charge in [-0.1, -0.05) is 29.5 Å². The fourth-order valence-electron chi connectivity index (χ4n) is 1.48. The van der Waals surface area contributed by atoms with Crippen LogP contribution >= 0.6 is 33.9 Å². The highest BCUT2D eigenvalue weighted by Gasteiger charge is 2.07. The summed E-state index contributed by atoms with van der Waals surface area (Å²) in [5.74, 6) is 0. The van der Waals surface area contributed by atoms with Crippen molar-refractivity contribution in [1.82, 2.24) is 20.0 Å². The van der Waals surface area contributed by atoms with Crippen LogP contribution in [0.1, 0.15) is 0 Å². The molecule has 0 amide bonds. The lowest BCUT2D eigenvalue weighted by molar-refractivity contribution is 0.880. The van der Waals surface area contributed by atoms with Gasteiger partial charge in [0.05, 0.1) is 17.4 Å². The van der Waals surface area contributed by atoms with Gasteiger partial charge in [-0.15, -0.1) is 10.2 Å². The van der Waals surface area contributed by atoms with Crippen LogP contribution in [-0.4, -0.2) is 20.0 Å². The summed E-state index contributed by atoms with van der Waals surface area (Å²) in [4.78, 5) is 0. The van der Waals surface area contributed by atoms with Crippen molar-refractivity contribution in [3.05, 3.63) is 45.7 Å². The van der Waals surface area contributed by atoms with Crippen molar-refractivity contribution in [2.75, 3.05) is 0 Å². The van der Waals surface area contributed by atoms with E-state index >= 15 is 0 Å². The molecular formula is C11H7IN4S. The molecule has 3 rings (SSSR count). The highest BCUT2D eigenvalue weighted by Crippen LogP contribution is 2.24. The average molecular weight is 354 g/mol. The number of benzene rings is 1. The molecular weight excluding hydrogens is 347 g/mol. The molecule has 1 aromatic carbocycles. The molecule has 0 N–H and O–H groups in total. The monoisotopic (exact) mass is 354 g/mol. The highest BCUT2D eigenvalue weighted by atomic mass is 127. The molecule has 2 heterocycles. The van der Waals surface area contributed by atoms with Gasteiger partial charge in [0.1, 0.15) is 0 Å². The van der Waals surface area contributed by atoms with E-state index in [0.29, 0.717) is 0 Å². The van der Waals surface area contributed by atoms with Crippen molar-refractivity contribution in [3.63, 3.8) is 0 Å². The predicted octanol–water partition coefficient (Wildman–Crippen LogP) is 3.00. The normalized spacial score (nSPS) is 10.6. The zero-order valence-electron chi connectivity index (χ0n) is 8.62. The van der Waals surface area contributed by atoms with Crippen LogP contribution in [0.4, 0.5) is 0 Å². The molecule has 4 nitrogen and oxygen atoms in total. The number of hydrogen-bond acceptors (Lipinski definition) is 4. The summed E-state index contributed by atoms with van der Waals surface area (Å²) in [7, 11) is 0. The maximum Gasteiger partial charge on any atom is 0.178 e. The first-order chi connectivity index (χ1) is 8.33. The fourth-order valence-corrected chi connectivity index (χ4v) is 2.76. The Kier molecular flexibility index (Phi) is 2.89. The first kappa shape index (κ1) is 10.8. The number of halogens is 1. The van der Waals surface area contributed by atoms with E-state index in [1.54, 1.807) is 11.3 Å². The molecule has 0 saturated carbocycles. The first-order valence-electron chi connectivity index (χ1n) is 4.92. The summed E-state index contributed by atoms with van der Waals surface area (Å²) < 4.78 is 2.77. The minimum atomic E-state index is 0.900. The molecule has 0 aliphatic rings. The van der Waals surface area contributed by atoms with Gasteiger partial charge in [0.2, 0.25) is 0 Å². The molecule has 0 bridgehead atoms. The van der Waals surface area contributed by atoms with E-state index in [4.69, 9.17) is 0 Å². The largest absolute Gasteiger partial charge is 0.240 e. The molecule has 0 fully saturated rings. The standard InChI is InChI=1S/C11H7IN4S/c12-11-15-14-10(17-11)8-6-13-16(7-8)9-4-2-1-3-5-9/h1-7H. The quantitative estimate of drug-likeness (QED) is 0.665. The molecule has 17 heavy (non-hydrogen) atoms. The lowest BCUT2D eigenvalue weighted by Gasteiger charge is -1.98. The van der Waals surface area contributed by atoms with Crippen LogP contribution in [0.3, 0.4) is 0 Å². The summed E-state index contributed by atoms with van der Waals surface area (Å²) in [6, 6.07) is 10.00.